The molecule has 0 amide bonds. The van der Waals surface area contributed by atoms with Crippen molar-refractivity contribution in [3.63, 3.8) is 0 Å². The number of carbonyl (C=O) groups is 3. The second-order valence-corrected chi connectivity index (χ2v) is 8.18. The van der Waals surface area contributed by atoms with Crippen LogP contribution in [0, 0.1) is 0 Å². The zero-order valence-corrected chi connectivity index (χ0v) is 20.2. The van der Waals surface area contributed by atoms with E-state index in [9.17, 15) is 19.5 Å². The Balaban J connectivity index is 2.03. The zero-order chi connectivity index (χ0) is 25.5. The minimum absolute atomic E-state index is 0.112. The third-order valence-electron chi connectivity index (χ3n) is 5.37. The average Bonchev–Trinajstić information content (AvgIpc) is 3.30. The van der Waals surface area contributed by atoms with Crippen LogP contribution in [-0.2, 0) is 33.3 Å². The molecular formula is C22H31N5O8. The third kappa shape index (κ3) is 6.35. The number of nitrogens with one attached hydrogen (secondary N) is 1. The van der Waals surface area contributed by atoms with Gasteiger partial charge in [0.15, 0.2) is 29.6 Å². The highest BCUT2D eigenvalue weighted by Gasteiger charge is 2.51. The number of unbranched alkanes of at least 4 members (excludes halogenated alkanes) is 3. The van der Waals surface area contributed by atoms with Gasteiger partial charge in [-0.3, -0.25) is 19.0 Å². The molecule has 0 aliphatic carbocycles. The summed E-state index contributed by atoms with van der Waals surface area (Å²) in [6.07, 6.45) is 1.02. The zero-order valence-electron chi connectivity index (χ0n) is 20.2. The van der Waals surface area contributed by atoms with E-state index in [4.69, 9.17) is 18.9 Å². The molecule has 35 heavy (non-hydrogen) atoms. The molecule has 1 saturated heterocycles. The van der Waals surface area contributed by atoms with Gasteiger partial charge in [-0.15, -0.1) is 0 Å². The molecule has 1 aliphatic heterocycles. The lowest BCUT2D eigenvalue weighted by Gasteiger charge is -2.24. The van der Waals surface area contributed by atoms with E-state index in [1.807, 2.05) is 0 Å². The molecule has 1 fully saturated rings. The van der Waals surface area contributed by atoms with Crippen molar-refractivity contribution in [1.29, 1.82) is 0 Å². The minimum atomic E-state index is -1.12. The van der Waals surface area contributed by atoms with E-state index in [-0.39, 0.29) is 23.7 Å². The van der Waals surface area contributed by atoms with Crippen molar-refractivity contribution in [2.75, 3.05) is 18.5 Å². The van der Waals surface area contributed by atoms with Crippen LogP contribution in [0.25, 0.3) is 11.2 Å². The van der Waals surface area contributed by atoms with Gasteiger partial charge in [0.05, 0.1) is 0 Å². The molecule has 13 heteroatoms. The Kier molecular flexibility index (Phi) is 8.79. The number of hydrogen-bond acceptors (Lipinski definition) is 12. The monoisotopic (exact) mass is 493 g/mol. The van der Waals surface area contributed by atoms with Crippen LogP contribution in [0.4, 0.5) is 5.95 Å². The summed E-state index contributed by atoms with van der Waals surface area (Å²) in [6.45, 7) is 6.12. The van der Waals surface area contributed by atoms with Crippen molar-refractivity contribution >= 4 is 35.0 Å². The highest BCUT2D eigenvalue weighted by Crippen LogP contribution is 2.39. The van der Waals surface area contributed by atoms with Gasteiger partial charge in [0.25, 0.3) is 0 Å². The first-order chi connectivity index (χ1) is 16.7. The van der Waals surface area contributed by atoms with Crippen molar-refractivity contribution in [2.45, 2.75) is 77.9 Å². The Morgan fingerprint density at radius 3 is 2.43 bits per heavy atom. The molecule has 2 aromatic rings. The van der Waals surface area contributed by atoms with Crippen molar-refractivity contribution < 1.29 is 38.4 Å². The summed E-state index contributed by atoms with van der Waals surface area (Å²) in [7, 11) is 0. The lowest BCUT2D eigenvalue weighted by molar-refractivity contribution is -0.166. The Morgan fingerprint density at radius 2 is 1.77 bits per heavy atom. The van der Waals surface area contributed by atoms with Crippen LogP contribution < -0.4 is 5.32 Å². The first kappa shape index (κ1) is 26.1. The number of aromatic hydroxyl groups is 1. The van der Waals surface area contributed by atoms with Crippen LogP contribution in [0.2, 0.25) is 0 Å². The average molecular weight is 494 g/mol. The molecule has 0 unspecified atom stereocenters. The fraction of sp³-hybridized carbons (Fsp3) is 0.636. The van der Waals surface area contributed by atoms with Gasteiger partial charge in [0.2, 0.25) is 11.8 Å². The van der Waals surface area contributed by atoms with E-state index in [1.54, 1.807) is 0 Å². The van der Waals surface area contributed by atoms with Crippen LogP contribution in [0.15, 0.2) is 6.33 Å². The number of esters is 3. The van der Waals surface area contributed by atoms with Crippen LogP contribution >= 0.6 is 0 Å². The van der Waals surface area contributed by atoms with Gasteiger partial charge in [0, 0.05) is 27.3 Å². The van der Waals surface area contributed by atoms with Crippen molar-refractivity contribution in [2.24, 2.45) is 0 Å². The Morgan fingerprint density at radius 1 is 1.06 bits per heavy atom. The van der Waals surface area contributed by atoms with E-state index in [0.717, 1.165) is 32.0 Å². The topological polar surface area (TPSA) is 164 Å². The molecule has 0 bridgehead atoms. The minimum Gasteiger partial charge on any atom is -0.492 e. The Labute approximate surface area is 202 Å². The summed E-state index contributed by atoms with van der Waals surface area (Å²) in [5.41, 5.74) is 0.326. The van der Waals surface area contributed by atoms with Gasteiger partial charge in [-0.05, 0) is 6.42 Å². The first-order valence-corrected chi connectivity index (χ1v) is 11.5. The van der Waals surface area contributed by atoms with Crippen LogP contribution in [0.3, 0.4) is 0 Å². The number of imidazole rings is 1. The number of anilines is 1. The molecular weight excluding hydrogens is 462 g/mol. The maximum atomic E-state index is 12.0. The van der Waals surface area contributed by atoms with Gasteiger partial charge in [-0.2, -0.15) is 4.98 Å². The van der Waals surface area contributed by atoms with Crippen LogP contribution in [-0.4, -0.2) is 74.0 Å². The summed E-state index contributed by atoms with van der Waals surface area (Å²) in [4.78, 5) is 47.7. The van der Waals surface area contributed by atoms with Gasteiger partial charge in [-0.1, -0.05) is 26.2 Å². The predicted octanol–water partition coefficient (Wildman–Crippen LogP) is 1.85. The summed E-state index contributed by atoms with van der Waals surface area (Å²) in [5, 5.41) is 13.5. The second-order valence-electron chi connectivity index (χ2n) is 8.18. The smallest absolute Gasteiger partial charge is 0.303 e. The van der Waals surface area contributed by atoms with E-state index in [2.05, 4.69) is 27.2 Å². The van der Waals surface area contributed by atoms with E-state index in [1.165, 1.54) is 25.3 Å². The molecule has 0 aromatic carbocycles. The maximum Gasteiger partial charge on any atom is 0.303 e. The molecule has 4 atom stereocenters. The molecule has 192 valence electrons. The van der Waals surface area contributed by atoms with E-state index in [0.29, 0.717) is 12.5 Å². The molecule has 0 saturated carbocycles. The number of nitrogens with zero attached hydrogens (tertiary/aromatic N) is 4. The van der Waals surface area contributed by atoms with Gasteiger partial charge < -0.3 is 29.4 Å². The number of rotatable bonds is 11. The standard InChI is InChI=1S/C22H31N5O8/c1-5-6-7-8-9-23-22-26-16-19(24-11-25-20(16)31)27(22)21-18(34-14(4)30)17(33-13(3)29)15(35-21)10-32-12(2)28/h11,15,17-18,21H,5-10H2,1-4H3,(H,23,26)(H,24,25,31)/t15-,17-,18-,21-/m1/s1. The van der Waals surface area contributed by atoms with Gasteiger partial charge in [-0.25, -0.2) is 9.97 Å². The molecule has 2 N–H and O–H groups in total. The second kappa shape index (κ2) is 11.8. The quantitative estimate of drug-likeness (QED) is 0.265. The molecule has 0 spiro atoms. The summed E-state index contributed by atoms with van der Waals surface area (Å²) < 4.78 is 23.7. The van der Waals surface area contributed by atoms with Crippen molar-refractivity contribution in [1.82, 2.24) is 19.5 Å². The SMILES string of the molecule is CCCCCCNc1nc2c(O)ncnc2n1[C@@H]1O[C@H](COC(C)=O)[C@@H](OC(C)=O)[C@H]1OC(C)=O. The normalized spacial score (nSPS) is 21.6. The lowest BCUT2D eigenvalue weighted by atomic mass is 10.1. The summed E-state index contributed by atoms with van der Waals surface area (Å²) in [6, 6.07) is 0. The number of aromatic nitrogens is 4. The largest absolute Gasteiger partial charge is 0.492 e. The molecule has 3 rings (SSSR count). The fourth-order valence-electron chi connectivity index (χ4n) is 3.92. The molecule has 2 aromatic heterocycles. The Hall–Kier alpha value is -3.48. The molecule has 0 radical (unpaired) electrons. The van der Waals surface area contributed by atoms with Gasteiger partial charge in [0.1, 0.15) is 19.0 Å². The fourth-order valence-corrected chi connectivity index (χ4v) is 3.92. The molecule has 13 nitrogen and oxygen atoms in total. The van der Waals surface area contributed by atoms with E-state index >= 15 is 0 Å². The Bertz CT molecular complexity index is 1060. The van der Waals surface area contributed by atoms with Crippen LogP contribution in [0.5, 0.6) is 5.88 Å². The highest BCUT2D eigenvalue weighted by molar-refractivity contribution is 5.79. The summed E-state index contributed by atoms with van der Waals surface area (Å²) in [5.74, 6) is -1.86. The predicted molar refractivity (Wildman–Crippen MR) is 121 cm³/mol. The number of fused-ring (bicyclic) bond motifs is 1. The number of hydrogen-bond donors (Lipinski definition) is 2. The highest BCUT2D eigenvalue weighted by atomic mass is 16.7. The van der Waals surface area contributed by atoms with Crippen molar-refractivity contribution in [3.8, 4) is 5.88 Å². The molecule has 3 heterocycles. The first-order valence-electron chi connectivity index (χ1n) is 11.5. The van der Waals surface area contributed by atoms with Crippen LogP contribution in [0.1, 0.15) is 59.6 Å². The number of carbonyl (C=O) groups excluding carboxylic acids is 3. The van der Waals surface area contributed by atoms with E-state index < -0.39 is 42.4 Å². The van der Waals surface area contributed by atoms with Crippen molar-refractivity contribution in [3.05, 3.63) is 6.33 Å². The van der Waals surface area contributed by atoms with Gasteiger partial charge >= 0.3 is 17.9 Å². The lowest BCUT2D eigenvalue weighted by Crippen LogP contribution is -2.40. The molecule has 1 aliphatic rings. The number of ether oxygens (including phenoxy) is 4. The third-order valence-corrected chi connectivity index (χ3v) is 5.37. The summed E-state index contributed by atoms with van der Waals surface area (Å²) >= 11 is 0. The maximum absolute atomic E-state index is 12.0.